The molecular weight excluding hydrogens is 571 g/mol. The summed E-state index contributed by atoms with van der Waals surface area (Å²) >= 11 is 0. The lowest BCUT2D eigenvalue weighted by Crippen LogP contribution is -2.59. The lowest BCUT2D eigenvalue weighted by Gasteiger charge is -2.38. The summed E-state index contributed by atoms with van der Waals surface area (Å²) in [6, 6.07) is 2.69. The number of aromatic nitrogens is 1. The molecule has 2 aliphatic carbocycles. The van der Waals surface area contributed by atoms with E-state index in [1.54, 1.807) is 33.3 Å². The number of aryl methyl sites for hydroxylation is 1. The van der Waals surface area contributed by atoms with Crippen molar-refractivity contribution in [3.05, 3.63) is 17.8 Å². The van der Waals surface area contributed by atoms with Gasteiger partial charge in [-0.15, -0.1) is 0 Å². The minimum atomic E-state index is -1.50. The van der Waals surface area contributed by atoms with Gasteiger partial charge in [0.15, 0.2) is 11.6 Å². The topological polar surface area (TPSA) is 154 Å². The van der Waals surface area contributed by atoms with E-state index in [-0.39, 0.29) is 43.1 Å². The molecule has 238 valence electrons. The van der Waals surface area contributed by atoms with Gasteiger partial charge in [0, 0.05) is 32.9 Å². The molecule has 4 fully saturated rings. The average molecular weight is 613 g/mol. The molecule has 1 spiro atoms. The van der Waals surface area contributed by atoms with Gasteiger partial charge in [-0.1, -0.05) is 20.8 Å². The molecule has 3 aliphatic heterocycles. The van der Waals surface area contributed by atoms with Gasteiger partial charge in [0.2, 0.25) is 23.8 Å². The third kappa shape index (κ3) is 5.16. The monoisotopic (exact) mass is 612 g/mol. The number of amides is 4. The number of carbonyl (C=O) groups is 4. The number of pyridine rings is 1. The number of likely N-dealkylation sites (tertiary alicyclic amines) is 2. The minimum absolute atomic E-state index is 0.0470. The molecule has 0 aromatic carbocycles. The van der Waals surface area contributed by atoms with Crippen molar-refractivity contribution in [1.29, 1.82) is 5.26 Å². The molecule has 2 N–H and O–H groups in total. The number of nitrogens with one attached hydrogen (secondary N) is 2. The number of anilines is 1. The second kappa shape index (κ2) is 11.6. The number of ether oxygens (including phenoxy) is 2. The normalized spacial score (nSPS) is 33.8. The molecular formula is C31H41FN6O6. The Bertz CT molecular complexity index is 1380. The highest BCUT2D eigenvalue weighted by Crippen LogP contribution is 2.59. The largest absolute Gasteiger partial charge is 0.472 e. The molecule has 44 heavy (non-hydrogen) atoms. The van der Waals surface area contributed by atoms with Gasteiger partial charge in [-0.05, 0) is 61.0 Å². The zero-order valence-electron chi connectivity index (χ0n) is 26.0. The second-order valence-corrected chi connectivity index (χ2v) is 13.7. The van der Waals surface area contributed by atoms with E-state index in [2.05, 4.69) is 26.4 Å². The molecule has 9 unspecified atom stereocenters. The first kappa shape index (κ1) is 31.6. The van der Waals surface area contributed by atoms with Crippen LogP contribution >= 0.6 is 0 Å². The molecule has 2 saturated heterocycles. The van der Waals surface area contributed by atoms with E-state index in [4.69, 9.17) is 4.74 Å². The van der Waals surface area contributed by atoms with E-state index < -0.39 is 59.0 Å². The molecule has 4 amide bonds. The third-order valence-corrected chi connectivity index (χ3v) is 9.86. The number of alkyl halides is 1. The summed E-state index contributed by atoms with van der Waals surface area (Å²) in [5.41, 5.74) is -1.46. The molecule has 4 heterocycles. The van der Waals surface area contributed by atoms with Crippen LogP contribution in [0.4, 0.5) is 10.2 Å². The lowest BCUT2D eigenvalue weighted by molar-refractivity contribution is -0.149. The zero-order valence-corrected chi connectivity index (χ0v) is 26.0. The summed E-state index contributed by atoms with van der Waals surface area (Å²) in [5, 5.41) is 15.5. The van der Waals surface area contributed by atoms with Gasteiger partial charge in [0.1, 0.15) is 24.3 Å². The summed E-state index contributed by atoms with van der Waals surface area (Å²) in [6.45, 7) is 7.35. The summed E-state index contributed by atoms with van der Waals surface area (Å²) in [6.07, 6.45) is 0.440. The van der Waals surface area contributed by atoms with Gasteiger partial charge in [0.25, 0.3) is 5.91 Å². The van der Waals surface area contributed by atoms with E-state index in [1.165, 1.54) is 9.80 Å². The molecule has 9 atom stereocenters. The Kier molecular flexibility index (Phi) is 8.35. The van der Waals surface area contributed by atoms with Gasteiger partial charge in [0.05, 0.1) is 12.6 Å². The lowest BCUT2D eigenvalue weighted by atomic mass is 9.77. The van der Waals surface area contributed by atoms with Crippen LogP contribution in [0.15, 0.2) is 12.1 Å². The SMILES string of the molecule is COC.Cc1ccc2c(n1)NC(=O)C1(CC(C#N)N(C(=O)C3C4C5CC(CC5F)C4CN3C(=O)C(NC=O)C(C)(C)C)C1)O2. The van der Waals surface area contributed by atoms with E-state index in [1.807, 2.05) is 20.8 Å². The molecule has 2 saturated carbocycles. The summed E-state index contributed by atoms with van der Waals surface area (Å²) < 4.78 is 25.5. The van der Waals surface area contributed by atoms with Gasteiger partial charge in [-0.2, -0.15) is 5.26 Å². The number of hydrogen-bond donors (Lipinski definition) is 2. The van der Waals surface area contributed by atoms with Crippen molar-refractivity contribution in [2.45, 2.75) is 76.9 Å². The second-order valence-electron chi connectivity index (χ2n) is 13.7. The maximum Gasteiger partial charge on any atom is 0.271 e. The number of rotatable bonds is 4. The van der Waals surface area contributed by atoms with Crippen LogP contribution in [0.1, 0.15) is 45.7 Å². The van der Waals surface area contributed by atoms with Crippen molar-refractivity contribution in [2.24, 2.45) is 29.1 Å². The number of hydrogen-bond acceptors (Lipinski definition) is 8. The molecule has 0 radical (unpaired) electrons. The zero-order chi connectivity index (χ0) is 32.1. The fraction of sp³-hybridized carbons (Fsp3) is 0.677. The Balaban J connectivity index is 0.00000123. The Morgan fingerprint density at radius 2 is 1.98 bits per heavy atom. The predicted octanol–water partition coefficient (Wildman–Crippen LogP) is 1.83. The maximum atomic E-state index is 15.1. The van der Waals surface area contributed by atoms with E-state index in [0.717, 1.165) is 0 Å². The van der Waals surface area contributed by atoms with Crippen molar-refractivity contribution in [2.75, 3.05) is 32.6 Å². The Labute approximate surface area is 256 Å². The number of nitriles is 1. The molecule has 2 bridgehead atoms. The predicted molar refractivity (Wildman–Crippen MR) is 156 cm³/mol. The summed E-state index contributed by atoms with van der Waals surface area (Å²) in [7, 11) is 3.25. The number of fused-ring (bicyclic) bond motifs is 6. The third-order valence-electron chi connectivity index (χ3n) is 9.86. The van der Waals surface area contributed by atoms with Crippen LogP contribution in [0.3, 0.4) is 0 Å². The van der Waals surface area contributed by atoms with Crippen molar-refractivity contribution in [1.82, 2.24) is 20.1 Å². The first-order chi connectivity index (χ1) is 20.8. The highest BCUT2D eigenvalue weighted by atomic mass is 19.1. The molecule has 13 heteroatoms. The van der Waals surface area contributed by atoms with Crippen molar-refractivity contribution >= 4 is 29.9 Å². The highest BCUT2D eigenvalue weighted by molar-refractivity contribution is 6.01. The van der Waals surface area contributed by atoms with Crippen molar-refractivity contribution in [3.8, 4) is 11.8 Å². The van der Waals surface area contributed by atoms with Crippen molar-refractivity contribution < 1.29 is 33.0 Å². The summed E-state index contributed by atoms with van der Waals surface area (Å²) in [5.74, 6) is -1.51. The average Bonchev–Trinajstić information content (AvgIpc) is 3.71. The van der Waals surface area contributed by atoms with Crippen LogP contribution in [-0.2, 0) is 23.9 Å². The Morgan fingerprint density at radius 3 is 2.61 bits per heavy atom. The van der Waals surface area contributed by atoms with E-state index >= 15 is 4.39 Å². The van der Waals surface area contributed by atoms with Gasteiger partial charge < -0.3 is 29.9 Å². The maximum absolute atomic E-state index is 15.1. The Hall–Kier alpha value is -3.79. The fourth-order valence-corrected chi connectivity index (χ4v) is 8.00. The first-order valence-corrected chi connectivity index (χ1v) is 15.0. The van der Waals surface area contributed by atoms with Gasteiger partial charge in [-0.25, -0.2) is 9.37 Å². The first-order valence-electron chi connectivity index (χ1n) is 15.0. The molecule has 5 aliphatic rings. The van der Waals surface area contributed by atoms with Crippen LogP contribution in [-0.4, -0.2) is 96.1 Å². The molecule has 1 aromatic heterocycles. The highest BCUT2D eigenvalue weighted by Gasteiger charge is 2.65. The van der Waals surface area contributed by atoms with Crippen LogP contribution in [0, 0.1) is 47.3 Å². The number of methoxy groups -OCH3 is 1. The Morgan fingerprint density at radius 1 is 1.27 bits per heavy atom. The number of nitrogens with zero attached hydrogens (tertiary/aromatic N) is 4. The minimum Gasteiger partial charge on any atom is -0.472 e. The summed E-state index contributed by atoms with van der Waals surface area (Å²) in [4.78, 5) is 60.4. The van der Waals surface area contributed by atoms with E-state index in [0.29, 0.717) is 30.7 Å². The molecule has 6 rings (SSSR count). The van der Waals surface area contributed by atoms with Gasteiger partial charge >= 0.3 is 0 Å². The van der Waals surface area contributed by atoms with E-state index in [9.17, 15) is 24.4 Å². The number of carbonyl (C=O) groups excluding carboxylic acids is 4. The standard InChI is InChI=1S/C29H35FN6O5.C2H6O/c1-14-5-6-20-24(33-14)34-27(40)29(41-20)9-16(10-31)36(12-29)25(38)22-21-17-7-15(8-19(17)30)18(21)11-35(22)26(39)23(32-13-37)28(2,3)4;1-3-2/h5-6,13,15-19,21-23H,7-9,11-12H2,1-4H3,(H,32,37)(H,33,34,40);1-2H3. The quantitative estimate of drug-likeness (QED) is 0.489. The van der Waals surface area contributed by atoms with Crippen molar-refractivity contribution in [3.63, 3.8) is 0 Å². The van der Waals surface area contributed by atoms with Crippen LogP contribution in [0.2, 0.25) is 0 Å². The van der Waals surface area contributed by atoms with Crippen LogP contribution in [0.5, 0.6) is 5.75 Å². The van der Waals surface area contributed by atoms with Crippen LogP contribution in [0.25, 0.3) is 0 Å². The van der Waals surface area contributed by atoms with Gasteiger partial charge in [-0.3, -0.25) is 19.2 Å². The molecule has 1 aromatic rings. The smallest absolute Gasteiger partial charge is 0.271 e. The molecule has 12 nitrogen and oxygen atoms in total. The number of halogens is 1. The fourth-order valence-electron chi connectivity index (χ4n) is 8.00. The van der Waals surface area contributed by atoms with Crippen LogP contribution < -0.4 is 15.4 Å².